The molecule has 0 saturated carbocycles. The molecular weight excluding hydrogens is 482 g/mol. The number of nitrogens with zero attached hydrogens (tertiary/aromatic N) is 3. The van der Waals surface area contributed by atoms with Crippen molar-refractivity contribution in [2.75, 3.05) is 7.11 Å². The zero-order valence-corrected chi connectivity index (χ0v) is 20.5. The fraction of sp³-hybridized carbons (Fsp3) is 0.111. The van der Waals surface area contributed by atoms with Crippen LogP contribution in [0.4, 0.5) is 0 Å². The fourth-order valence-electron chi connectivity index (χ4n) is 4.04. The summed E-state index contributed by atoms with van der Waals surface area (Å²) in [6.07, 6.45) is 3.39. The van der Waals surface area contributed by atoms with Gasteiger partial charge in [0, 0.05) is 34.1 Å². The highest BCUT2D eigenvalue weighted by Gasteiger charge is 2.19. The standard InChI is InChI=1S/C27H20ClN3O3S/c1-15-11-22-25(24(21(15)12-23(32)33)17-7-9-20(28)10-8-17)35-26(31-22)18-5-3-16(4-6-18)19-13-29-27(34-2)30-14-19/h3-11,13-14H,12H2,1-2H3,(H,32,33). The highest BCUT2D eigenvalue weighted by Crippen LogP contribution is 2.41. The van der Waals surface area contributed by atoms with Gasteiger partial charge in [0.25, 0.3) is 0 Å². The first-order chi connectivity index (χ1) is 16.9. The Hall–Kier alpha value is -3.81. The molecule has 0 aliphatic rings. The maximum Gasteiger partial charge on any atom is 0.316 e. The maximum absolute atomic E-state index is 11.7. The third-order valence-corrected chi connectivity index (χ3v) is 7.14. The molecule has 5 aromatic rings. The number of thiazole rings is 1. The number of ether oxygens (including phenoxy) is 1. The second-order valence-electron chi connectivity index (χ2n) is 8.03. The molecule has 0 radical (unpaired) electrons. The number of hydrogen-bond acceptors (Lipinski definition) is 6. The first-order valence-electron chi connectivity index (χ1n) is 10.8. The number of aryl methyl sites for hydroxylation is 1. The van der Waals surface area contributed by atoms with Crippen LogP contribution >= 0.6 is 22.9 Å². The largest absolute Gasteiger partial charge is 0.481 e. The first kappa shape index (κ1) is 23.0. The number of benzene rings is 3. The van der Waals surface area contributed by atoms with E-state index in [1.165, 1.54) is 7.11 Å². The molecule has 0 aliphatic carbocycles. The van der Waals surface area contributed by atoms with Gasteiger partial charge >= 0.3 is 12.0 Å². The highest BCUT2D eigenvalue weighted by molar-refractivity contribution is 7.22. The van der Waals surface area contributed by atoms with E-state index < -0.39 is 5.97 Å². The Kier molecular flexibility index (Phi) is 6.19. The van der Waals surface area contributed by atoms with Crippen molar-refractivity contribution in [3.05, 3.63) is 83.1 Å². The zero-order valence-electron chi connectivity index (χ0n) is 18.9. The number of rotatable bonds is 6. The normalized spacial score (nSPS) is 11.1. The second-order valence-corrected chi connectivity index (χ2v) is 9.46. The maximum atomic E-state index is 11.7. The molecule has 0 atom stereocenters. The summed E-state index contributed by atoms with van der Waals surface area (Å²) in [6, 6.07) is 17.8. The van der Waals surface area contributed by atoms with Gasteiger partial charge in [0.15, 0.2) is 0 Å². The topological polar surface area (TPSA) is 85.2 Å². The smallest absolute Gasteiger partial charge is 0.316 e. The third-order valence-electron chi connectivity index (χ3n) is 5.75. The van der Waals surface area contributed by atoms with Crippen LogP contribution < -0.4 is 4.74 Å². The van der Waals surface area contributed by atoms with Gasteiger partial charge in [-0.1, -0.05) is 48.0 Å². The second kappa shape index (κ2) is 9.44. The number of carboxylic acids is 1. The fourth-order valence-corrected chi connectivity index (χ4v) is 5.31. The summed E-state index contributed by atoms with van der Waals surface area (Å²) < 4.78 is 5.98. The molecule has 6 nitrogen and oxygen atoms in total. The summed E-state index contributed by atoms with van der Waals surface area (Å²) in [5.41, 5.74) is 7.20. The number of fused-ring (bicyclic) bond motifs is 1. The lowest BCUT2D eigenvalue weighted by Crippen LogP contribution is -2.04. The molecule has 0 aliphatic heterocycles. The molecule has 8 heteroatoms. The van der Waals surface area contributed by atoms with Crippen molar-refractivity contribution in [1.29, 1.82) is 0 Å². The summed E-state index contributed by atoms with van der Waals surface area (Å²) in [5.74, 6) is -0.870. The minimum atomic E-state index is -0.870. The Morgan fingerprint density at radius 1 is 0.971 bits per heavy atom. The number of aromatic nitrogens is 3. The number of carbonyl (C=O) groups is 1. The minimum Gasteiger partial charge on any atom is -0.481 e. The molecule has 174 valence electrons. The van der Waals surface area contributed by atoms with E-state index in [-0.39, 0.29) is 6.42 Å². The van der Waals surface area contributed by atoms with E-state index in [1.54, 1.807) is 23.7 Å². The van der Waals surface area contributed by atoms with Gasteiger partial charge in [-0.3, -0.25) is 4.79 Å². The molecule has 2 heterocycles. The molecule has 0 amide bonds. The molecule has 0 fully saturated rings. The summed E-state index contributed by atoms with van der Waals surface area (Å²) in [5, 5.41) is 11.1. The first-order valence-corrected chi connectivity index (χ1v) is 12.0. The number of hydrogen-bond donors (Lipinski definition) is 1. The van der Waals surface area contributed by atoms with Crippen molar-refractivity contribution in [3.63, 3.8) is 0 Å². The van der Waals surface area contributed by atoms with Crippen molar-refractivity contribution >= 4 is 39.1 Å². The Balaban J connectivity index is 1.60. The van der Waals surface area contributed by atoms with E-state index in [1.807, 2.05) is 61.5 Å². The van der Waals surface area contributed by atoms with E-state index in [0.29, 0.717) is 11.0 Å². The van der Waals surface area contributed by atoms with E-state index in [4.69, 9.17) is 21.3 Å². The lowest BCUT2D eigenvalue weighted by Gasteiger charge is -2.13. The van der Waals surface area contributed by atoms with Gasteiger partial charge in [-0.15, -0.1) is 11.3 Å². The zero-order chi connectivity index (χ0) is 24.5. The highest BCUT2D eigenvalue weighted by atomic mass is 35.5. The SMILES string of the molecule is COc1ncc(-c2ccc(-c3nc4cc(C)c(CC(=O)O)c(-c5ccc(Cl)cc5)c4s3)cc2)cn1. The number of aliphatic carboxylic acids is 1. The minimum absolute atomic E-state index is 0.0639. The summed E-state index contributed by atoms with van der Waals surface area (Å²) in [4.78, 5) is 24.9. The van der Waals surface area contributed by atoms with Crippen LogP contribution in [0.5, 0.6) is 6.01 Å². The molecule has 0 bridgehead atoms. The Labute approximate surface area is 210 Å². The van der Waals surface area contributed by atoms with Crippen LogP contribution in [0.1, 0.15) is 11.1 Å². The predicted octanol–water partition coefficient (Wildman–Crippen LogP) is 6.68. The van der Waals surface area contributed by atoms with Crippen LogP contribution in [0.15, 0.2) is 67.0 Å². The van der Waals surface area contributed by atoms with Gasteiger partial charge in [-0.2, -0.15) is 0 Å². The van der Waals surface area contributed by atoms with Gasteiger partial charge in [0.1, 0.15) is 5.01 Å². The predicted molar refractivity (Wildman–Crippen MR) is 139 cm³/mol. The van der Waals surface area contributed by atoms with Crippen LogP contribution in [0, 0.1) is 6.92 Å². The third kappa shape index (κ3) is 4.60. The monoisotopic (exact) mass is 501 g/mol. The van der Waals surface area contributed by atoms with E-state index in [0.717, 1.165) is 54.2 Å². The number of methoxy groups -OCH3 is 1. The number of halogens is 1. The molecule has 0 unspecified atom stereocenters. The van der Waals surface area contributed by atoms with Gasteiger partial charge < -0.3 is 9.84 Å². The van der Waals surface area contributed by atoms with Crippen molar-refractivity contribution in [2.24, 2.45) is 0 Å². The lowest BCUT2D eigenvalue weighted by atomic mass is 9.93. The van der Waals surface area contributed by atoms with Crippen LogP contribution in [-0.2, 0) is 11.2 Å². The molecule has 3 aromatic carbocycles. The molecule has 0 saturated heterocycles. The van der Waals surface area contributed by atoms with Gasteiger partial charge in [0.2, 0.25) is 0 Å². The quantitative estimate of drug-likeness (QED) is 0.279. The number of carboxylic acid groups (broad SMARTS) is 1. The van der Waals surface area contributed by atoms with Gasteiger partial charge in [-0.25, -0.2) is 15.0 Å². The molecular formula is C27H20ClN3O3S. The van der Waals surface area contributed by atoms with Crippen molar-refractivity contribution in [3.8, 4) is 38.8 Å². The summed E-state index contributed by atoms with van der Waals surface area (Å²) >= 11 is 7.67. The summed E-state index contributed by atoms with van der Waals surface area (Å²) in [6.45, 7) is 1.93. The van der Waals surface area contributed by atoms with E-state index >= 15 is 0 Å². The van der Waals surface area contributed by atoms with Crippen LogP contribution in [0.2, 0.25) is 5.02 Å². The molecule has 5 rings (SSSR count). The Morgan fingerprint density at radius 3 is 2.23 bits per heavy atom. The van der Waals surface area contributed by atoms with Crippen LogP contribution in [0.3, 0.4) is 0 Å². The van der Waals surface area contributed by atoms with Crippen LogP contribution in [0.25, 0.3) is 43.0 Å². The Bertz CT molecular complexity index is 1530. The Morgan fingerprint density at radius 2 is 1.60 bits per heavy atom. The van der Waals surface area contributed by atoms with Gasteiger partial charge in [0.05, 0.1) is 23.7 Å². The average Bonchev–Trinajstić information content (AvgIpc) is 3.28. The molecule has 35 heavy (non-hydrogen) atoms. The summed E-state index contributed by atoms with van der Waals surface area (Å²) in [7, 11) is 1.53. The molecule has 2 aromatic heterocycles. The van der Waals surface area contributed by atoms with Gasteiger partial charge in [-0.05, 0) is 47.4 Å². The van der Waals surface area contributed by atoms with Crippen molar-refractivity contribution < 1.29 is 14.6 Å². The average molecular weight is 502 g/mol. The molecule has 1 N–H and O–H groups in total. The van der Waals surface area contributed by atoms with Crippen molar-refractivity contribution in [1.82, 2.24) is 15.0 Å². The van der Waals surface area contributed by atoms with Crippen LogP contribution in [-0.4, -0.2) is 33.1 Å². The van der Waals surface area contributed by atoms with Crippen molar-refractivity contribution in [2.45, 2.75) is 13.3 Å². The van der Waals surface area contributed by atoms with E-state index in [9.17, 15) is 9.90 Å². The van der Waals surface area contributed by atoms with E-state index in [2.05, 4.69) is 9.97 Å². The molecule has 0 spiro atoms. The lowest BCUT2D eigenvalue weighted by molar-refractivity contribution is -0.136.